The van der Waals surface area contributed by atoms with E-state index in [1.54, 1.807) is 29.3 Å². The molecule has 1 unspecified atom stereocenters. The number of amides is 1. The zero-order valence-electron chi connectivity index (χ0n) is 15.8. The first kappa shape index (κ1) is 17.5. The maximum atomic E-state index is 12.9. The summed E-state index contributed by atoms with van der Waals surface area (Å²) in [4.78, 5) is 21.5. The van der Waals surface area contributed by atoms with Crippen LogP contribution in [0.3, 0.4) is 0 Å². The molecule has 0 bridgehead atoms. The molecular weight excluding hydrogens is 370 g/mol. The average molecular weight is 389 g/mol. The second-order valence-electron chi connectivity index (χ2n) is 6.93. The number of aromatic nitrogens is 6. The van der Waals surface area contributed by atoms with Gasteiger partial charge in [-0.2, -0.15) is 10.2 Å². The zero-order valence-corrected chi connectivity index (χ0v) is 15.8. The van der Waals surface area contributed by atoms with Crippen LogP contribution in [0.2, 0.25) is 0 Å². The largest absolute Gasteiger partial charge is 0.379 e. The highest BCUT2D eigenvalue weighted by Gasteiger charge is 2.23. The van der Waals surface area contributed by atoms with E-state index in [1.165, 1.54) is 6.20 Å². The van der Waals surface area contributed by atoms with Crippen LogP contribution in [-0.2, 0) is 4.74 Å². The molecule has 9 nitrogen and oxygen atoms in total. The number of rotatable bonds is 4. The number of nitrogens with zero attached hydrogens (tertiary/aromatic N) is 6. The zero-order chi connectivity index (χ0) is 19.8. The van der Waals surface area contributed by atoms with Gasteiger partial charge in [-0.1, -0.05) is 0 Å². The average Bonchev–Trinajstić information content (AvgIpc) is 3.49. The fourth-order valence-electron chi connectivity index (χ4n) is 3.60. The third-order valence-electron chi connectivity index (χ3n) is 5.15. The SMILES string of the molecule is Cc1c(NC(=O)c2cnn3c(-c4cccnc4)ccnc23)cnn1C1CCOC1. The van der Waals surface area contributed by atoms with E-state index in [4.69, 9.17) is 4.74 Å². The minimum atomic E-state index is -0.277. The van der Waals surface area contributed by atoms with E-state index in [1.807, 2.05) is 29.8 Å². The Morgan fingerprint density at radius 2 is 2.14 bits per heavy atom. The molecule has 0 aliphatic carbocycles. The van der Waals surface area contributed by atoms with E-state index < -0.39 is 0 Å². The van der Waals surface area contributed by atoms with Crippen molar-refractivity contribution in [2.24, 2.45) is 0 Å². The van der Waals surface area contributed by atoms with Crippen molar-refractivity contribution < 1.29 is 9.53 Å². The number of ether oxygens (including phenoxy) is 1. The minimum Gasteiger partial charge on any atom is -0.379 e. The Balaban J connectivity index is 1.45. The third kappa shape index (κ3) is 3.05. The summed E-state index contributed by atoms with van der Waals surface area (Å²) in [5.41, 5.74) is 4.16. The van der Waals surface area contributed by atoms with Crippen LogP contribution in [0.15, 0.2) is 49.2 Å². The third-order valence-corrected chi connectivity index (χ3v) is 5.15. The molecule has 0 radical (unpaired) electrons. The first-order valence-electron chi connectivity index (χ1n) is 9.38. The second kappa shape index (κ2) is 7.10. The number of nitrogens with one attached hydrogen (secondary N) is 1. The van der Waals surface area contributed by atoms with Gasteiger partial charge in [0.1, 0.15) is 5.56 Å². The van der Waals surface area contributed by atoms with Gasteiger partial charge in [0.25, 0.3) is 5.91 Å². The van der Waals surface area contributed by atoms with Gasteiger partial charge in [-0.3, -0.25) is 14.5 Å². The molecule has 29 heavy (non-hydrogen) atoms. The van der Waals surface area contributed by atoms with Crippen molar-refractivity contribution in [2.75, 3.05) is 18.5 Å². The van der Waals surface area contributed by atoms with E-state index in [0.717, 1.165) is 30.0 Å². The highest BCUT2D eigenvalue weighted by Crippen LogP contribution is 2.25. The Labute approximate surface area is 166 Å². The van der Waals surface area contributed by atoms with E-state index in [0.29, 0.717) is 23.5 Å². The Kier molecular flexibility index (Phi) is 4.28. The highest BCUT2D eigenvalue weighted by molar-refractivity contribution is 6.08. The van der Waals surface area contributed by atoms with Crippen molar-refractivity contribution in [3.8, 4) is 11.3 Å². The maximum Gasteiger partial charge on any atom is 0.261 e. The molecule has 9 heteroatoms. The number of carbonyl (C=O) groups is 1. The van der Waals surface area contributed by atoms with Gasteiger partial charge in [-0.15, -0.1) is 0 Å². The molecular formula is C20H19N7O2. The van der Waals surface area contributed by atoms with Crippen molar-refractivity contribution >= 4 is 17.2 Å². The predicted molar refractivity (Wildman–Crippen MR) is 106 cm³/mol. The molecule has 1 N–H and O–H groups in total. The summed E-state index contributed by atoms with van der Waals surface area (Å²) < 4.78 is 9.00. The number of carbonyl (C=O) groups excluding carboxylic acids is 1. The molecule has 4 aromatic rings. The lowest BCUT2D eigenvalue weighted by atomic mass is 10.2. The Morgan fingerprint density at radius 1 is 1.21 bits per heavy atom. The minimum absolute atomic E-state index is 0.210. The smallest absolute Gasteiger partial charge is 0.261 e. The van der Waals surface area contributed by atoms with Gasteiger partial charge in [0, 0.05) is 30.8 Å². The van der Waals surface area contributed by atoms with Crippen LogP contribution in [0.25, 0.3) is 16.9 Å². The van der Waals surface area contributed by atoms with Crippen LogP contribution in [0.1, 0.15) is 28.5 Å². The fraction of sp³-hybridized carbons (Fsp3) is 0.250. The molecule has 0 aromatic carbocycles. The van der Waals surface area contributed by atoms with E-state index in [9.17, 15) is 4.79 Å². The van der Waals surface area contributed by atoms with E-state index in [2.05, 4.69) is 25.5 Å². The Morgan fingerprint density at radius 3 is 2.93 bits per heavy atom. The fourth-order valence-corrected chi connectivity index (χ4v) is 3.60. The Bertz CT molecular complexity index is 1180. The maximum absolute atomic E-state index is 12.9. The normalized spacial score (nSPS) is 16.4. The van der Waals surface area contributed by atoms with Crippen molar-refractivity contribution in [3.63, 3.8) is 0 Å². The second-order valence-corrected chi connectivity index (χ2v) is 6.93. The molecule has 5 rings (SSSR count). The van der Waals surface area contributed by atoms with Gasteiger partial charge in [-0.05, 0) is 31.5 Å². The summed E-state index contributed by atoms with van der Waals surface area (Å²) in [7, 11) is 0. The van der Waals surface area contributed by atoms with Crippen LogP contribution in [-0.4, -0.2) is 48.5 Å². The molecule has 1 aliphatic rings. The molecule has 1 fully saturated rings. The molecule has 1 atom stereocenters. The monoisotopic (exact) mass is 389 g/mol. The van der Waals surface area contributed by atoms with Crippen molar-refractivity contribution in [2.45, 2.75) is 19.4 Å². The van der Waals surface area contributed by atoms with Crippen molar-refractivity contribution in [1.29, 1.82) is 0 Å². The van der Waals surface area contributed by atoms with Crippen LogP contribution in [0.5, 0.6) is 0 Å². The van der Waals surface area contributed by atoms with Gasteiger partial charge in [0.15, 0.2) is 5.65 Å². The number of pyridine rings is 1. The standard InChI is InChI=1S/C20H19N7O2/c1-13-17(11-24-26(13)15-5-8-29-12-15)25-20(28)16-10-23-27-18(4-7-22-19(16)27)14-3-2-6-21-9-14/h2-4,6-7,9-11,15H,5,8,12H2,1H3,(H,25,28). The number of hydrogen-bond acceptors (Lipinski definition) is 6. The van der Waals surface area contributed by atoms with Crippen molar-refractivity contribution in [3.05, 3.63) is 60.4 Å². The van der Waals surface area contributed by atoms with Gasteiger partial charge >= 0.3 is 0 Å². The molecule has 1 aliphatic heterocycles. The van der Waals surface area contributed by atoms with Gasteiger partial charge in [-0.25, -0.2) is 9.50 Å². The molecule has 146 valence electrons. The lowest BCUT2D eigenvalue weighted by molar-refractivity contribution is 0.102. The lowest BCUT2D eigenvalue weighted by Gasteiger charge is -2.11. The van der Waals surface area contributed by atoms with Gasteiger partial charge in [0.2, 0.25) is 0 Å². The molecule has 1 saturated heterocycles. The summed E-state index contributed by atoms with van der Waals surface area (Å²) in [6.07, 6.45) is 9.25. The van der Waals surface area contributed by atoms with Gasteiger partial charge in [0.05, 0.1) is 42.1 Å². The van der Waals surface area contributed by atoms with E-state index in [-0.39, 0.29) is 11.9 Å². The summed E-state index contributed by atoms with van der Waals surface area (Å²) in [6.45, 7) is 3.32. The van der Waals surface area contributed by atoms with Crippen LogP contribution < -0.4 is 5.32 Å². The number of hydrogen-bond donors (Lipinski definition) is 1. The summed E-state index contributed by atoms with van der Waals surface area (Å²) in [5.74, 6) is -0.277. The quantitative estimate of drug-likeness (QED) is 0.576. The predicted octanol–water partition coefficient (Wildman–Crippen LogP) is 2.51. The van der Waals surface area contributed by atoms with Crippen LogP contribution >= 0.6 is 0 Å². The Hall–Kier alpha value is -3.59. The van der Waals surface area contributed by atoms with E-state index >= 15 is 0 Å². The molecule has 1 amide bonds. The topological polar surface area (TPSA) is 99.2 Å². The molecule has 4 aromatic heterocycles. The number of anilines is 1. The molecule has 0 spiro atoms. The van der Waals surface area contributed by atoms with Crippen molar-refractivity contribution in [1.82, 2.24) is 29.4 Å². The molecule has 5 heterocycles. The summed E-state index contributed by atoms with van der Waals surface area (Å²) in [5, 5.41) is 11.7. The summed E-state index contributed by atoms with van der Waals surface area (Å²) >= 11 is 0. The lowest BCUT2D eigenvalue weighted by Crippen LogP contribution is -2.15. The van der Waals surface area contributed by atoms with Crippen LogP contribution in [0.4, 0.5) is 5.69 Å². The molecule has 0 saturated carbocycles. The highest BCUT2D eigenvalue weighted by atomic mass is 16.5. The summed E-state index contributed by atoms with van der Waals surface area (Å²) in [6, 6.07) is 5.85. The first-order valence-corrected chi connectivity index (χ1v) is 9.38. The first-order chi connectivity index (χ1) is 14.2. The van der Waals surface area contributed by atoms with Gasteiger partial charge < -0.3 is 10.1 Å². The number of fused-ring (bicyclic) bond motifs is 1. The van der Waals surface area contributed by atoms with Crippen LogP contribution in [0, 0.1) is 6.92 Å².